The van der Waals surface area contributed by atoms with Crippen LogP contribution in [0, 0.1) is 6.92 Å². The zero-order valence-corrected chi connectivity index (χ0v) is 12.2. The van der Waals surface area contributed by atoms with E-state index >= 15 is 0 Å². The van der Waals surface area contributed by atoms with E-state index in [1.165, 1.54) is 0 Å². The fraction of sp³-hybridized carbons (Fsp3) is 0.308. The van der Waals surface area contributed by atoms with E-state index < -0.39 is 17.8 Å². The Morgan fingerprint density at radius 2 is 2.15 bits per heavy atom. The van der Waals surface area contributed by atoms with Crippen molar-refractivity contribution in [3.8, 4) is 0 Å². The van der Waals surface area contributed by atoms with Crippen LogP contribution < -0.4 is 5.32 Å². The number of rotatable bonds is 5. The van der Waals surface area contributed by atoms with Crippen molar-refractivity contribution in [2.24, 2.45) is 0 Å². The molecule has 2 aromatic rings. The maximum atomic E-state index is 12.3. The molecule has 20 heavy (non-hydrogen) atoms. The minimum Gasteiger partial charge on any atom is -0.363 e. The van der Waals surface area contributed by atoms with E-state index in [-0.39, 0.29) is 0 Å². The van der Waals surface area contributed by atoms with Crippen LogP contribution in [0.3, 0.4) is 0 Å². The van der Waals surface area contributed by atoms with E-state index in [4.69, 9.17) is 0 Å². The molecule has 1 aromatic carbocycles. The molecule has 0 amide bonds. The number of fused-ring (bicyclic) bond motifs is 1. The Balaban J connectivity index is 2.51. The van der Waals surface area contributed by atoms with E-state index in [0.717, 1.165) is 6.29 Å². The van der Waals surface area contributed by atoms with Gasteiger partial charge in [-0.05, 0) is 13.0 Å². The van der Waals surface area contributed by atoms with Gasteiger partial charge >= 0.3 is 0 Å². The molecule has 7 heteroatoms. The van der Waals surface area contributed by atoms with Crippen LogP contribution in [-0.2, 0) is 4.79 Å². The third-order valence-electron chi connectivity index (χ3n) is 2.74. The number of hydrogen-bond acceptors (Lipinski definition) is 4. The number of nitrogens with zero attached hydrogens (tertiary/aromatic N) is 2. The van der Waals surface area contributed by atoms with Gasteiger partial charge in [0.25, 0.3) is 6.43 Å². The van der Waals surface area contributed by atoms with Crippen molar-refractivity contribution in [2.45, 2.75) is 18.2 Å². The number of alkyl halides is 3. The summed E-state index contributed by atoms with van der Waals surface area (Å²) in [6.45, 7) is 1.20. The van der Waals surface area contributed by atoms with Crippen LogP contribution in [0.25, 0.3) is 11.0 Å². The molecular weight excluding hydrogens is 332 g/mol. The van der Waals surface area contributed by atoms with Crippen molar-refractivity contribution in [3.05, 3.63) is 29.5 Å². The fourth-order valence-electron chi connectivity index (χ4n) is 1.82. The van der Waals surface area contributed by atoms with Gasteiger partial charge < -0.3 is 10.1 Å². The SMILES string of the molecule is Cc1nc2cccc(C(Br)C=O)c2nc1NCC(F)F. The lowest BCUT2D eigenvalue weighted by Gasteiger charge is -2.12. The lowest BCUT2D eigenvalue weighted by Crippen LogP contribution is -2.13. The molecule has 2 rings (SSSR count). The van der Waals surface area contributed by atoms with Crippen LogP contribution in [0.4, 0.5) is 14.6 Å². The molecule has 1 aromatic heterocycles. The number of aromatic nitrogens is 2. The first-order valence-corrected chi connectivity index (χ1v) is 6.83. The summed E-state index contributed by atoms with van der Waals surface area (Å²) in [6, 6.07) is 5.28. The van der Waals surface area contributed by atoms with Crippen LogP contribution in [0.15, 0.2) is 18.2 Å². The lowest BCUT2D eigenvalue weighted by atomic mass is 10.1. The van der Waals surface area contributed by atoms with Crippen molar-refractivity contribution >= 4 is 39.1 Å². The van der Waals surface area contributed by atoms with Gasteiger partial charge in [-0.1, -0.05) is 28.1 Å². The van der Waals surface area contributed by atoms with E-state index in [1.807, 2.05) is 0 Å². The molecular formula is C13H12BrF2N3O. The fourth-order valence-corrected chi connectivity index (χ4v) is 2.19. The number of anilines is 1. The summed E-state index contributed by atoms with van der Waals surface area (Å²) in [7, 11) is 0. The van der Waals surface area contributed by atoms with Crippen molar-refractivity contribution in [1.82, 2.24) is 9.97 Å². The maximum absolute atomic E-state index is 12.3. The third-order valence-corrected chi connectivity index (χ3v) is 3.45. The second kappa shape index (κ2) is 6.21. The first-order valence-electron chi connectivity index (χ1n) is 5.91. The van der Waals surface area contributed by atoms with Crippen molar-refractivity contribution in [2.75, 3.05) is 11.9 Å². The molecule has 4 nitrogen and oxygen atoms in total. The molecule has 0 saturated heterocycles. The Labute approximate surface area is 122 Å². The second-order valence-corrected chi connectivity index (χ2v) is 5.17. The van der Waals surface area contributed by atoms with Crippen LogP contribution in [0.5, 0.6) is 0 Å². The highest BCUT2D eigenvalue weighted by Crippen LogP contribution is 2.28. The molecule has 1 heterocycles. The quantitative estimate of drug-likeness (QED) is 0.668. The van der Waals surface area contributed by atoms with Crippen molar-refractivity contribution < 1.29 is 13.6 Å². The number of aryl methyl sites for hydroxylation is 1. The molecule has 1 unspecified atom stereocenters. The number of hydrogen-bond donors (Lipinski definition) is 1. The van der Waals surface area contributed by atoms with Crippen LogP contribution >= 0.6 is 15.9 Å². The van der Waals surface area contributed by atoms with Crippen LogP contribution in [0.2, 0.25) is 0 Å². The zero-order valence-electron chi connectivity index (χ0n) is 10.6. The second-order valence-electron chi connectivity index (χ2n) is 4.18. The Kier molecular flexibility index (Phi) is 4.59. The minimum absolute atomic E-state index is 0.302. The normalized spacial score (nSPS) is 12.7. The van der Waals surface area contributed by atoms with Gasteiger partial charge in [0.1, 0.15) is 12.1 Å². The summed E-state index contributed by atoms with van der Waals surface area (Å²) in [5, 5.41) is 2.56. The molecule has 1 N–H and O–H groups in total. The summed E-state index contributed by atoms with van der Waals surface area (Å²) in [5.74, 6) is 0.302. The molecule has 0 aliphatic carbocycles. The minimum atomic E-state index is -2.47. The van der Waals surface area contributed by atoms with Gasteiger partial charge in [-0.2, -0.15) is 0 Å². The first kappa shape index (κ1) is 14.8. The number of para-hydroxylation sites is 1. The molecule has 0 aliphatic rings. The summed E-state index contributed by atoms with van der Waals surface area (Å²) in [6.07, 6.45) is -1.73. The number of carbonyl (C=O) groups is 1. The van der Waals surface area contributed by atoms with E-state index in [2.05, 4.69) is 31.2 Å². The largest absolute Gasteiger partial charge is 0.363 e. The van der Waals surface area contributed by atoms with Crippen molar-refractivity contribution in [3.63, 3.8) is 0 Å². The Bertz CT molecular complexity index is 636. The Hall–Kier alpha value is -1.63. The number of benzene rings is 1. The monoisotopic (exact) mass is 343 g/mol. The average molecular weight is 344 g/mol. The molecule has 106 valence electrons. The van der Waals surface area contributed by atoms with Gasteiger partial charge in [0.15, 0.2) is 0 Å². The topological polar surface area (TPSA) is 54.9 Å². The average Bonchev–Trinajstić information content (AvgIpc) is 2.43. The van der Waals surface area contributed by atoms with Crippen molar-refractivity contribution in [1.29, 1.82) is 0 Å². The summed E-state index contributed by atoms with van der Waals surface area (Å²) in [5.41, 5.74) is 2.33. The van der Waals surface area contributed by atoms with E-state index in [0.29, 0.717) is 28.1 Å². The van der Waals surface area contributed by atoms with Gasteiger partial charge in [-0.25, -0.2) is 18.7 Å². The third kappa shape index (κ3) is 3.09. The van der Waals surface area contributed by atoms with Gasteiger partial charge in [-0.15, -0.1) is 0 Å². The Morgan fingerprint density at radius 1 is 1.40 bits per heavy atom. The highest BCUT2D eigenvalue weighted by molar-refractivity contribution is 9.09. The predicted molar refractivity (Wildman–Crippen MR) is 76.5 cm³/mol. The predicted octanol–water partition coefficient (Wildman–Crippen LogP) is 3.25. The standard InChI is InChI=1S/C13H12BrF2N3O/c1-7-13(17-5-11(15)16)19-12-8(9(14)6-20)3-2-4-10(12)18-7/h2-4,6,9,11H,5H2,1H3,(H,17,19). The maximum Gasteiger partial charge on any atom is 0.255 e. The van der Waals surface area contributed by atoms with Crippen LogP contribution in [0.1, 0.15) is 16.1 Å². The summed E-state index contributed by atoms with van der Waals surface area (Å²) in [4.78, 5) is 19.0. The molecule has 0 aliphatic heterocycles. The number of carbonyl (C=O) groups excluding carboxylic acids is 1. The molecule has 0 spiro atoms. The first-order chi connectivity index (χ1) is 9.52. The highest BCUT2D eigenvalue weighted by atomic mass is 79.9. The molecule has 1 atom stereocenters. The molecule has 0 fully saturated rings. The zero-order chi connectivity index (χ0) is 14.7. The summed E-state index contributed by atoms with van der Waals surface area (Å²) >= 11 is 3.24. The smallest absolute Gasteiger partial charge is 0.255 e. The van der Waals surface area contributed by atoms with Gasteiger partial charge in [0.05, 0.1) is 28.1 Å². The lowest BCUT2D eigenvalue weighted by molar-refractivity contribution is -0.107. The Morgan fingerprint density at radius 3 is 2.80 bits per heavy atom. The van der Waals surface area contributed by atoms with E-state index in [1.54, 1.807) is 25.1 Å². The molecule has 0 bridgehead atoms. The number of nitrogens with one attached hydrogen (secondary N) is 1. The van der Waals surface area contributed by atoms with Gasteiger partial charge in [0, 0.05) is 5.56 Å². The van der Waals surface area contributed by atoms with Crippen LogP contribution in [-0.4, -0.2) is 29.2 Å². The molecule has 0 saturated carbocycles. The summed E-state index contributed by atoms with van der Waals surface area (Å²) < 4.78 is 24.5. The van der Waals surface area contributed by atoms with Gasteiger partial charge in [-0.3, -0.25) is 0 Å². The van der Waals surface area contributed by atoms with Gasteiger partial charge in [0.2, 0.25) is 0 Å². The highest BCUT2D eigenvalue weighted by Gasteiger charge is 2.14. The number of halogens is 3. The number of aldehydes is 1. The van der Waals surface area contributed by atoms with E-state index in [9.17, 15) is 13.6 Å². The molecule has 0 radical (unpaired) electrons.